The molecule has 110 valence electrons. The van der Waals surface area contributed by atoms with E-state index in [9.17, 15) is 9.59 Å². The number of amides is 1. The lowest BCUT2D eigenvalue weighted by atomic mass is 9.85. The van der Waals surface area contributed by atoms with Crippen LogP contribution < -0.4 is 15.3 Å². The molecule has 0 saturated carbocycles. The molecule has 0 bridgehead atoms. The van der Waals surface area contributed by atoms with Crippen LogP contribution in [-0.4, -0.2) is 23.8 Å². The Morgan fingerprint density at radius 2 is 2.10 bits per heavy atom. The third-order valence-electron chi connectivity index (χ3n) is 3.57. The predicted octanol–water partition coefficient (Wildman–Crippen LogP) is 1.78. The van der Waals surface area contributed by atoms with Crippen LogP contribution in [0.1, 0.15) is 16.4 Å². The number of aromatic amines is 1. The Morgan fingerprint density at radius 1 is 1.38 bits per heavy atom. The molecule has 0 radical (unpaired) electrons. The quantitative estimate of drug-likeness (QED) is 0.902. The van der Waals surface area contributed by atoms with E-state index in [1.54, 1.807) is 7.11 Å². The summed E-state index contributed by atoms with van der Waals surface area (Å²) in [5.41, 5.74) is 6.52. The number of thiazole rings is 1. The lowest BCUT2D eigenvalue weighted by molar-refractivity contribution is -0.121. The molecule has 1 aromatic carbocycles. The molecule has 0 unspecified atom stereocenters. The lowest BCUT2D eigenvalue weighted by Gasteiger charge is -2.28. The van der Waals surface area contributed by atoms with Crippen LogP contribution in [-0.2, 0) is 4.79 Å². The summed E-state index contributed by atoms with van der Waals surface area (Å²) in [6, 6.07) is 7.54. The van der Waals surface area contributed by atoms with Crippen LogP contribution in [0.15, 0.2) is 34.1 Å². The molecule has 1 aliphatic rings. The van der Waals surface area contributed by atoms with Crippen molar-refractivity contribution in [2.45, 2.75) is 10.9 Å². The van der Waals surface area contributed by atoms with Gasteiger partial charge in [-0.3, -0.25) is 9.59 Å². The number of carbonyl (C=O) groups is 1. The van der Waals surface area contributed by atoms with Crippen molar-refractivity contribution < 1.29 is 9.53 Å². The van der Waals surface area contributed by atoms with E-state index < -0.39 is 0 Å². The monoisotopic (exact) mass is 322 g/mol. The van der Waals surface area contributed by atoms with Crippen molar-refractivity contribution in [1.82, 2.24) is 4.98 Å². The second-order valence-corrected chi connectivity index (χ2v) is 6.82. The Kier molecular flexibility index (Phi) is 3.77. The first-order valence-corrected chi connectivity index (χ1v) is 8.19. The number of ether oxygens (including phenoxy) is 1. The molecular weight excluding hydrogens is 308 g/mol. The molecule has 1 aromatic heterocycles. The Morgan fingerprint density at radius 3 is 2.71 bits per heavy atom. The summed E-state index contributed by atoms with van der Waals surface area (Å²) in [7, 11) is 1.61. The minimum absolute atomic E-state index is 0.101. The van der Waals surface area contributed by atoms with Gasteiger partial charge in [0.05, 0.1) is 18.1 Å². The maximum Gasteiger partial charge on any atom is 0.305 e. The van der Waals surface area contributed by atoms with E-state index >= 15 is 0 Å². The number of aromatic nitrogens is 1. The minimum atomic E-state index is -0.338. The highest BCUT2D eigenvalue weighted by Gasteiger charge is 2.37. The number of nitrogens with two attached hydrogens (primary N) is 1. The highest BCUT2D eigenvalue weighted by atomic mass is 32.2. The van der Waals surface area contributed by atoms with E-state index in [1.807, 2.05) is 24.3 Å². The molecule has 3 N–H and O–H groups in total. The van der Waals surface area contributed by atoms with Gasteiger partial charge in [-0.15, -0.1) is 11.8 Å². The van der Waals surface area contributed by atoms with Crippen molar-refractivity contribution in [3.05, 3.63) is 44.4 Å². The number of methoxy groups -OCH3 is 1. The number of nitrogens with one attached hydrogen (secondary N) is 1. The van der Waals surface area contributed by atoms with Gasteiger partial charge in [0.15, 0.2) is 0 Å². The highest BCUT2D eigenvalue weighted by molar-refractivity contribution is 7.99. The average Bonchev–Trinajstić information content (AvgIpc) is 2.86. The summed E-state index contributed by atoms with van der Waals surface area (Å²) in [4.78, 5) is 27.0. The Balaban J connectivity index is 2.09. The normalized spacial score (nSPS) is 20.8. The molecule has 5 nitrogen and oxygen atoms in total. The first kappa shape index (κ1) is 14.2. The molecular formula is C14H14N2O3S2. The van der Waals surface area contributed by atoms with E-state index in [1.165, 1.54) is 11.8 Å². The van der Waals surface area contributed by atoms with Crippen molar-refractivity contribution in [2.24, 2.45) is 11.7 Å². The number of benzene rings is 1. The first-order valence-electron chi connectivity index (χ1n) is 6.39. The van der Waals surface area contributed by atoms with Crippen molar-refractivity contribution in [2.75, 3.05) is 12.9 Å². The van der Waals surface area contributed by atoms with Crippen LogP contribution in [0.5, 0.6) is 5.75 Å². The SMILES string of the molecule is COc1ccc([C@@H]2c3sc(=O)[nH]c3SC[C@@H]2C(N)=O)cc1. The van der Waals surface area contributed by atoms with Crippen LogP contribution >= 0.6 is 23.1 Å². The van der Waals surface area contributed by atoms with Gasteiger partial charge in [0, 0.05) is 16.5 Å². The molecule has 1 amide bonds. The molecule has 0 aliphatic carbocycles. The van der Waals surface area contributed by atoms with Crippen LogP contribution in [0.25, 0.3) is 0 Å². The number of fused-ring (bicyclic) bond motifs is 1. The molecule has 0 spiro atoms. The molecule has 7 heteroatoms. The van der Waals surface area contributed by atoms with E-state index in [2.05, 4.69) is 4.98 Å². The van der Waals surface area contributed by atoms with Gasteiger partial charge in [0.1, 0.15) is 5.75 Å². The molecule has 2 atom stereocenters. The molecule has 1 aliphatic heterocycles. The van der Waals surface area contributed by atoms with Crippen LogP contribution in [0, 0.1) is 5.92 Å². The van der Waals surface area contributed by atoms with Crippen LogP contribution in [0.3, 0.4) is 0 Å². The van der Waals surface area contributed by atoms with Gasteiger partial charge in [0.2, 0.25) is 5.91 Å². The van der Waals surface area contributed by atoms with E-state index in [0.717, 1.165) is 32.6 Å². The fraction of sp³-hybridized carbons (Fsp3) is 0.286. The van der Waals surface area contributed by atoms with Gasteiger partial charge < -0.3 is 15.5 Å². The van der Waals surface area contributed by atoms with Crippen molar-refractivity contribution in [3.63, 3.8) is 0 Å². The van der Waals surface area contributed by atoms with Crippen molar-refractivity contribution >= 4 is 29.0 Å². The number of hydrogen-bond acceptors (Lipinski definition) is 5. The summed E-state index contributed by atoms with van der Waals surface area (Å²) in [6.07, 6.45) is 0. The first-order chi connectivity index (χ1) is 10.1. The van der Waals surface area contributed by atoms with E-state index in [0.29, 0.717) is 5.75 Å². The Labute approximate surface area is 129 Å². The number of primary amides is 1. The number of hydrogen-bond donors (Lipinski definition) is 2. The van der Waals surface area contributed by atoms with Crippen LogP contribution in [0.4, 0.5) is 0 Å². The van der Waals surface area contributed by atoms with Crippen molar-refractivity contribution in [1.29, 1.82) is 0 Å². The summed E-state index contributed by atoms with van der Waals surface area (Å²) in [6.45, 7) is 0. The molecule has 21 heavy (non-hydrogen) atoms. The van der Waals surface area contributed by atoms with Crippen LogP contribution in [0.2, 0.25) is 0 Å². The average molecular weight is 322 g/mol. The summed E-state index contributed by atoms with van der Waals surface area (Å²) >= 11 is 2.63. The maximum absolute atomic E-state index is 11.8. The second kappa shape index (κ2) is 5.57. The summed E-state index contributed by atoms with van der Waals surface area (Å²) in [5, 5.41) is 0.850. The topological polar surface area (TPSA) is 85.2 Å². The standard InChI is InChI=1S/C14H14N2O3S2/c1-19-8-4-2-7(3-5-8)10-9(12(15)17)6-20-13-11(10)21-14(18)16-13/h2-5,9-10H,6H2,1H3,(H2,15,17)(H,16,18)/t9-,10-/m0/s1. The molecule has 0 fully saturated rings. The van der Waals surface area contributed by atoms with Gasteiger partial charge >= 0.3 is 4.87 Å². The fourth-order valence-electron chi connectivity index (χ4n) is 2.53. The van der Waals surface area contributed by atoms with Gasteiger partial charge in [-0.25, -0.2) is 0 Å². The second-order valence-electron chi connectivity index (χ2n) is 4.78. The molecule has 2 aromatic rings. The Hall–Kier alpha value is -1.73. The Bertz CT molecular complexity index is 721. The number of thioether (sulfide) groups is 1. The third kappa shape index (κ3) is 2.58. The third-order valence-corrected chi connectivity index (χ3v) is 5.81. The smallest absolute Gasteiger partial charge is 0.305 e. The molecule has 3 rings (SSSR count). The predicted molar refractivity (Wildman–Crippen MR) is 83.2 cm³/mol. The molecule has 2 heterocycles. The fourth-order valence-corrected chi connectivity index (χ4v) is 4.96. The number of H-pyrrole nitrogens is 1. The van der Waals surface area contributed by atoms with E-state index in [4.69, 9.17) is 10.5 Å². The number of rotatable bonds is 3. The molecule has 0 saturated heterocycles. The zero-order valence-corrected chi connectivity index (χ0v) is 12.9. The van der Waals surface area contributed by atoms with Gasteiger partial charge in [-0.2, -0.15) is 0 Å². The van der Waals surface area contributed by atoms with Gasteiger partial charge in [0.25, 0.3) is 0 Å². The van der Waals surface area contributed by atoms with Crippen molar-refractivity contribution in [3.8, 4) is 5.75 Å². The highest BCUT2D eigenvalue weighted by Crippen LogP contribution is 2.45. The van der Waals surface area contributed by atoms with Gasteiger partial charge in [-0.05, 0) is 17.7 Å². The maximum atomic E-state index is 11.8. The lowest BCUT2D eigenvalue weighted by Crippen LogP contribution is -2.33. The summed E-state index contributed by atoms with van der Waals surface area (Å²) < 4.78 is 5.16. The zero-order chi connectivity index (χ0) is 15.0. The minimum Gasteiger partial charge on any atom is -0.497 e. The largest absolute Gasteiger partial charge is 0.497 e. The number of carbonyl (C=O) groups excluding carboxylic acids is 1. The zero-order valence-electron chi connectivity index (χ0n) is 11.3. The van der Waals surface area contributed by atoms with E-state index in [-0.39, 0.29) is 22.6 Å². The summed E-state index contributed by atoms with van der Waals surface area (Å²) in [5.74, 6) is 0.499. The van der Waals surface area contributed by atoms with Gasteiger partial charge in [-0.1, -0.05) is 23.5 Å².